The third kappa shape index (κ3) is 6.18. The van der Waals surface area contributed by atoms with Gasteiger partial charge in [-0.25, -0.2) is 8.42 Å². The van der Waals surface area contributed by atoms with Gasteiger partial charge >= 0.3 is 0 Å². The largest absolute Gasteiger partial charge is 0.497 e. The van der Waals surface area contributed by atoms with Crippen LogP contribution in [0.25, 0.3) is 0 Å². The Bertz CT molecular complexity index is 1220. The third-order valence-corrected chi connectivity index (χ3v) is 6.86. The van der Waals surface area contributed by atoms with Gasteiger partial charge in [-0.05, 0) is 92.6 Å². The second-order valence-electron chi connectivity index (χ2n) is 7.48. The van der Waals surface area contributed by atoms with Crippen molar-refractivity contribution in [3.63, 3.8) is 0 Å². The van der Waals surface area contributed by atoms with E-state index in [-0.39, 0.29) is 10.8 Å². The molecule has 0 aliphatic heterocycles. The van der Waals surface area contributed by atoms with Gasteiger partial charge in [-0.1, -0.05) is 11.6 Å². The second kappa shape index (κ2) is 10.1. The van der Waals surface area contributed by atoms with Gasteiger partial charge in [0.1, 0.15) is 11.5 Å². The molecule has 174 valence electrons. The summed E-state index contributed by atoms with van der Waals surface area (Å²) < 4.78 is 38.6. The van der Waals surface area contributed by atoms with Crippen molar-refractivity contribution in [2.24, 2.45) is 0 Å². The van der Waals surface area contributed by atoms with E-state index in [1.807, 2.05) is 13.8 Å². The van der Waals surface area contributed by atoms with Crippen LogP contribution in [-0.4, -0.2) is 27.5 Å². The number of sulfonamides is 1. The number of anilines is 2. The van der Waals surface area contributed by atoms with Crippen molar-refractivity contribution in [2.75, 3.05) is 17.1 Å². The Morgan fingerprint density at radius 2 is 1.45 bits per heavy atom. The van der Waals surface area contributed by atoms with Gasteiger partial charge in [0.2, 0.25) is 0 Å². The minimum atomic E-state index is -3.79. The molecule has 1 amide bonds. The summed E-state index contributed by atoms with van der Waals surface area (Å²) in [6.45, 7) is 5.37. The maximum atomic E-state index is 12.6. The normalized spacial score (nSPS) is 12.0. The Labute approximate surface area is 198 Å². The Balaban J connectivity index is 1.63. The van der Waals surface area contributed by atoms with Gasteiger partial charge in [-0.15, -0.1) is 0 Å². The van der Waals surface area contributed by atoms with Crippen molar-refractivity contribution >= 4 is 38.9 Å². The average Bonchev–Trinajstić information content (AvgIpc) is 2.78. The van der Waals surface area contributed by atoms with Crippen LogP contribution in [0, 0.1) is 13.8 Å². The van der Waals surface area contributed by atoms with Crippen LogP contribution >= 0.6 is 11.6 Å². The fraction of sp³-hybridized carbons (Fsp3) is 0.208. The zero-order valence-electron chi connectivity index (χ0n) is 18.7. The molecule has 0 fully saturated rings. The molecule has 0 saturated heterocycles. The summed E-state index contributed by atoms with van der Waals surface area (Å²) in [5.74, 6) is 0.799. The molecule has 0 radical (unpaired) electrons. The standard InChI is InChI=1S/C24H25ClN2O5S/c1-15-13-21(14-16(2)23(15)25)32-17(3)24(28)26-18-7-11-22(12-8-18)33(29,30)27-19-5-9-20(31-4)10-6-19/h5-14,17,27H,1-4H3,(H,26,28)/t17-/m1/s1. The Hall–Kier alpha value is -3.23. The second-order valence-corrected chi connectivity index (χ2v) is 9.54. The number of hydrogen-bond donors (Lipinski definition) is 2. The van der Waals surface area contributed by atoms with E-state index < -0.39 is 16.1 Å². The first-order valence-corrected chi connectivity index (χ1v) is 12.0. The summed E-state index contributed by atoms with van der Waals surface area (Å²) in [5.41, 5.74) is 2.58. The van der Waals surface area contributed by atoms with E-state index in [4.69, 9.17) is 21.1 Å². The van der Waals surface area contributed by atoms with Gasteiger partial charge in [-0.3, -0.25) is 9.52 Å². The number of methoxy groups -OCH3 is 1. The number of aryl methyl sites for hydroxylation is 2. The van der Waals surface area contributed by atoms with Crippen molar-refractivity contribution in [1.82, 2.24) is 0 Å². The van der Waals surface area contributed by atoms with Gasteiger partial charge in [0, 0.05) is 16.4 Å². The van der Waals surface area contributed by atoms with E-state index in [1.54, 1.807) is 43.3 Å². The number of nitrogens with one attached hydrogen (secondary N) is 2. The average molecular weight is 489 g/mol. The number of benzene rings is 3. The number of amides is 1. The first-order valence-electron chi connectivity index (χ1n) is 10.1. The molecule has 0 aliphatic carbocycles. The summed E-state index contributed by atoms with van der Waals surface area (Å²) in [5, 5.41) is 3.39. The van der Waals surface area contributed by atoms with Crippen molar-refractivity contribution in [3.8, 4) is 11.5 Å². The van der Waals surface area contributed by atoms with Crippen LogP contribution in [0.15, 0.2) is 65.6 Å². The highest BCUT2D eigenvalue weighted by Crippen LogP contribution is 2.27. The molecule has 9 heteroatoms. The highest BCUT2D eigenvalue weighted by molar-refractivity contribution is 7.92. The summed E-state index contributed by atoms with van der Waals surface area (Å²) in [4.78, 5) is 12.6. The molecule has 2 N–H and O–H groups in total. The maximum absolute atomic E-state index is 12.6. The lowest BCUT2D eigenvalue weighted by molar-refractivity contribution is -0.122. The third-order valence-electron chi connectivity index (χ3n) is 4.87. The van der Waals surface area contributed by atoms with Crippen LogP contribution in [0.2, 0.25) is 5.02 Å². The summed E-state index contributed by atoms with van der Waals surface area (Å²) in [6, 6.07) is 15.9. The molecule has 3 aromatic rings. The molecule has 0 spiro atoms. The van der Waals surface area contributed by atoms with Crippen molar-refractivity contribution in [1.29, 1.82) is 0 Å². The van der Waals surface area contributed by atoms with Gasteiger partial charge in [0.25, 0.3) is 15.9 Å². The van der Waals surface area contributed by atoms with Gasteiger partial charge in [0.15, 0.2) is 6.10 Å². The Kier molecular flexibility index (Phi) is 7.50. The van der Waals surface area contributed by atoms with Gasteiger partial charge in [0.05, 0.1) is 12.0 Å². The molecule has 0 saturated carbocycles. The summed E-state index contributed by atoms with van der Waals surface area (Å²) in [7, 11) is -2.25. The number of rotatable bonds is 8. The van der Waals surface area contributed by atoms with Gasteiger partial charge in [-0.2, -0.15) is 0 Å². The lowest BCUT2D eigenvalue weighted by atomic mass is 10.1. The molecular weight excluding hydrogens is 464 g/mol. The molecule has 1 atom stereocenters. The minimum absolute atomic E-state index is 0.0627. The molecule has 0 unspecified atom stereocenters. The van der Waals surface area contributed by atoms with Crippen molar-refractivity contribution < 1.29 is 22.7 Å². The highest BCUT2D eigenvalue weighted by atomic mass is 35.5. The molecule has 7 nitrogen and oxygen atoms in total. The fourth-order valence-corrected chi connectivity index (χ4v) is 4.23. The van der Waals surface area contributed by atoms with E-state index in [9.17, 15) is 13.2 Å². The number of hydrogen-bond acceptors (Lipinski definition) is 5. The monoisotopic (exact) mass is 488 g/mol. The Morgan fingerprint density at radius 1 is 0.909 bits per heavy atom. The predicted molar refractivity (Wildman–Crippen MR) is 130 cm³/mol. The SMILES string of the molecule is COc1ccc(NS(=O)(=O)c2ccc(NC(=O)[C@@H](C)Oc3cc(C)c(Cl)c(C)c3)cc2)cc1. The molecule has 0 bridgehead atoms. The number of halogens is 1. The summed E-state index contributed by atoms with van der Waals surface area (Å²) >= 11 is 6.17. The van der Waals surface area contributed by atoms with Crippen LogP contribution in [0.1, 0.15) is 18.1 Å². The van der Waals surface area contributed by atoms with E-state index in [2.05, 4.69) is 10.0 Å². The molecule has 0 aliphatic rings. The van der Waals surface area contributed by atoms with Crippen LogP contribution < -0.4 is 19.5 Å². The molecule has 0 aromatic heterocycles. The van der Waals surface area contributed by atoms with Crippen LogP contribution in [0.3, 0.4) is 0 Å². The van der Waals surface area contributed by atoms with E-state index in [0.29, 0.717) is 27.9 Å². The van der Waals surface area contributed by atoms with Crippen LogP contribution in [0.5, 0.6) is 11.5 Å². The first-order chi connectivity index (χ1) is 15.6. The number of ether oxygens (including phenoxy) is 2. The maximum Gasteiger partial charge on any atom is 0.265 e. The van der Waals surface area contributed by atoms with Crippen molar-refractivity contribution in [3.05, 3.63) is 76.8 Å². The first kappa shape index (κ1) is 24.4. The van der Waals surface area contributed by atoms with Gasteiger partial charge < -0.3 is 14.8 Å². The smallest absolute Gasteiger partial charge is 0.265 e. The van der Waals surface area contributed by atoms with Crippen LogP contribution in [-0.2, 0) is 14.8 Å². The lowest BCUT2D eigenvalue weighted by Gasteiger charge is -2.16. The van der Waals surface area contributed by atoms with E-state index in [1.165, 1.54) is 31.4 Å². The van der Waals surface area contributed by atoms with E-state index in [0.717, 1.165) is 11.1 Å². The fourth-order valence-electron chi connectivity index (χ4n) is 3.07. The minimum Gasteiger partial charge on any atom is -0.497 e. The zero-order valence-corrected chi connectivity index (χ0v) is 20.3. The van der Waals surface area contributed by atoms with E-state index >= 15 is 0 Å². The number of carbonyl (C=O) groups is 1. The van der Waals surface area contributed by atoms with Crippen LogP contribution in [0.4, 0.5) is 11.4 Å². The highest BCUT2D eigenvalue weighted by Gasteiger charge is 2.18. The zero-order chi connectivity index (χ0) is 24.2. The molecule has 3 rings (SSSR count). The predicted octanol–water partition coefficient (Wildman–Crippen LogP) is 5.17. The quantitative estimate of drug-likeness (QED) is 0.456. The summed E-state index contributed by atoms with van der Waals surface area (Å²) in [6.07, 6.45) is -0.773. The molecule has 3 aromatic carbocycles. The topological polar surface area (TPSA) is 93.7 Å². The molecule has 33 heavy (non-hydrogen) atoms. The Morgan fingerprint density at radius 3 is 2.00 bits per heavy atom. The molecule has 0 heterocycles. The molecular formula is C24H25ClN2O5S. The van der Waals surface area contributed by atoms with Crippen molar-refractivity contribution in [2.45, 2.75) is 31.8 Å². The lowest BCUT2D eigenvalue weighted by Crippen LogP contribution is -2.30. The number of carbonyl (C=O) groups excluding carboxylic acids is 1.